The zero-order valence-electron chi connectivity index (χ0n) is 12.3. The van der Waals surface area contributed by atoms with Crippen LogP contribution in [0, 0.1) is 23.7 Å². The Kier molecular flexibility index (Phi) is 2.23. The summed E-state index contributed by atoms with van der Waals surface area (Å²) in [5, 5.41) is 11.3. The number of allylic oxidation sites excluding steroid dienone is 5. The molecule has 2 fully saturated rings. The molecule has 112 valence electrons. The van der Waals surface area contributed by atoms with Gasteiger partial charge in [0.1, 0.15) is 11.6 Å². The lowest BCUT2D eigenvalue weighted by Crippen LogP contribution is -2.59. The van der Waals surface area contributed by atoms with Gasteiger partial charge in [0.15, 0.2) is 17.0 Å². The Morgan fingerprint density at radius 1 is 1.26 bits per heavy atom. The summed E-state index contributed by atoms with van der Waals surface area (Å²) in [6.45, 7) is 0. The van der Waals surface area contributed by atoms with E-state index in [0.717, 1.165) is 12.8 Å². The predicted molar refractivity (Wildman–Crippen MR) is 83.5 cm³/mol. The van der Waals surface area contributed by atoms with Gasteiger partial charge in [-0.3, -0.25) is 9.79 Å². The number of hydrogen-bond acceptors (Lipinski definition) is 4. The van der Waals surface area contributed by atoms with Crippen LogP contribution in [0.25, 0.3) is 0 Å². The van der Waals surface area contributed by atoms with Gasteiger partial charge in [0.25, 0.3) is 0 Å². The van der Waals surface area contributed by atoms with Crippen LogP contribution in [0.5, 0.6) is 0 Å². The predicted octanol–water partition coefficient (Wildman–Crippen LogP) is 0.874. The fourth-order valence-electron chi connectivity index (χ4n) is 4.41. The summed E-state index contributed by atoms with van der Waals surface area (Å²) in [5.41, 5.74) is -1.67. The van der Waals surface area contributed by atoms with Crippen LogP contribution in [0.1, 0.15) is 19.3 Å². The number of hydrogen-bond donors (Lipinski definition) is 1. The number of epoxide rings is 1. The highest BCUT2D eigenvalue weighted by Gasteiger charge is 2.85. The van der Waals surface area contributed by atoms with Gasteiger partial charge in [-0.25, -0.2) is 0 Å². The van der Waals surface area contributed by atoms with Crippen molar-refractivity contribution in [3.8, 4) is 23.7 Å². The maximum atomic E-state index is 11.9. The van der Waals surface area contributed by atoms with Crippen molar-refractivity contribution in [1.29, 1.82) is 0 Å². The van der Waals surface area contributed by atoms with Gasteiger partial charge in [-0.1, -0.05) is 23.7 Å². The average molecular weight is 303 g/mol. The molecule has 1 N–H and O–H groups in total. The van der Waals surface area contributed by atoms with E-state index < -0.39 is 16.8 Å². The fourth-order valence-corrected chi connectivity index (χ4v) is 4.41. The topological polar surface area (TPSA) is 62.2 Å². The van der Waals surface area contributed by atoms with Crippen LogP contribution in [0.15, 0.2) is 40.9 Å². The van der Waals surface area contributed by atoms with Crippen molar-refractivity contribution in [3.63, 3.8) is 0 Å². The van der Waals surface area contributed by atoms with Gasteiger partial charge < -0.3 is 9.84 Å². The van der Waals surface area contributed by atoms with Crippen LogP contribution in [-0.2, 0) is 9.53 Å². The molecule has 4 bridgehead atoms. The Balaban J connectivity index is 1.85. The van der Waals surface area contributed by atoms with Crippen molar-refractivity contribution in [2.45, 2.75) is 42.1 Å². The minimum atomic E-state index is -1.33. The molecule has 0 aromatic heterocycles. The zero-order chi connectivity index (χ0) is 15.7. The molecule has 0 aromatic carbocycles. The monoisotopic (exact) mass is 303 g/mol. The number of fused-ring (bicyclic) bond motifs is 1. The number of rotatable bonds is 0. The smallest absolute Gasteiger partial charge is 0.179 e. The third-order valence-electron chi connectivity index (χ3n) is 5.36. The van der Waals surface area contributed by atoms with E-state index >= 15 is 0 Å². The van der Waals surface area contributed by atoms with Crippen molar-refractivity contribution >= 4 is 11.5 Å². The lowest BCUT2D eigenvalue weighted by molar-refractivity contribution is -0.110. The van der Waals surface area contributed by atoms with Gasteiger partial charge in [-0.2, -0.15) is 0 Å². The Bertz CT molecular complexity index is 900. The van der Waals surface area contributed by atoms with Crippen molar-refractivity contribution in [2.75, 3.05) is 0 Å². The Morgan fingerprint density at radius 2 is 2.13 bits per heavy atom. The number of ketones is 1. The van der Waals surface area contributed by atoms with Gasteiger partial charge in [0.05, 0.1) is 5.71 Å². The Labute approximate surface area is 133 Å². The molecule has 5 rings (SSSR count). The highest BCUT2D eigenvalue weighted by Crippen LogP contribution is 2.69. The molecular formula is C19H13NO3. The number of ether oxygens (including phenoxy) is 1. The number of aliphatic hydroxyl groups is 1. The molecule has 2 aliphatic heterocycles. The van der Waals surface area contributed by atoms with Gasteiger partial charge >= 0.3 is 0 Å². The van der Waals surface area contributed by atoms with E-state index in [4.69, 9.17) is 9.73 Å². The first-order valence-corrected chi connectivity index (χ1v) is 7.75. The molecule has 5 aliphatic rings. The molecule has 0 amide bonds. The summed E-state index contributed by atoms with van der Waals surface area (Å²) in [6.07, 6.45) is 10.1. The second-order valence-corrected chi connectivity index (χ2v) is 6.49. The van der Waals surface area contributed by atoms with E-state index in [-0.39, 0.29) is 11.8 Å². The van der Waals surface area contributed by atoms with E-state index in [1.54, 1.807) is 18.2 Å². The van der Waals surface area contributed by atoms with E-state index in [1.807, 2.05) is 0 Å². The molecule has 0 spiro atoms. The molecule has 0 aromatic rings. The van der Waals surface area contributed by atoms with Crippen LogP contribution in [0.3, 0.4) is 0 Å². The number of carbonyl (C=O) groups is 1. The summed E-state index contributed by atoms with van der Waals surface area (Å²) < 4.78 is 6.24. The summed E-state index contributed by atoms with van der Waals surface area (Å²) in [4.78, 5) is 16.6. The van der Waals surface area contributed by atoms with Crippen LogP contribution in [0.2, 0.25) is 0 Å². The summed E-state index contributed by atoms with van der Waals surface area (Å²) in [6, 6.07) is -0.358. The molecule has 0 unspecified atom stereocenters. The van der Waals surface area contributed by atoms with Gasteiger partial charge in [-0.05, 0) is 49.6 Å². The third-order valence-corrected chi connectivity index (χ3v) is 5.36. The lowest BCUT2D eigenvalue weighted by atomic mass is 9.61. The van der Waals surface area contributed by atoms with E-state index in [0.29, 0.717) is 17.7 Å². The number of nitrogens with zero attached hydrogens (tertiary/aromatic N) is 1. The third kappa shape index (κ3) is 1.37. The van der Waals surface area contributed by atoms with Gasteiger partial charge in [0.2, 0.25) is 0 Å². The molecule has 2 heterocycles. The lowest BCUT2D eigenvalue weighted by Gasteiger charge is -2.41. The molecule has 23 heavy (non-hydrogen) atoms. The van der Waals surface area contributed by atoms with E-state index in [9.17, 15) is 9.90 Å². The molecule has 1 saturated heterocycles. The number of carbonyl (C=O) groups excluding carboxylic acids is 1. The molecule has 4 heteroatoms. The van der Waals surface area contributed by atoms with Crippen molar-refractivity contribution in [2.24, 2.45) is 4.99 Å². The first-order valence-electron chi connectivity index (χ1n) is 7.75. The largest absolute Gasteiger partial charge is 0.374 e. The average Bonchev–Trinajstić information content (AvgIpc) is 3.24. The highest BCUT2D eigenvalue weighted by atomic mass is 16.6. The minimum absolute atomic E-state index is 0.116. The SMILES string of the molecule is O=C1C=CC2=N[C@H]3C#CC=CC#C[C@@]4(O)CCC[C@]35O[C@@]45C2=C1. The quantitative estimate of drug-likeness (QED) is 0.410. The van der Waals surface area contributed by atoms with Crippen molar-refractivity contribution < 1.29 is 14.6 Å². The van der Waals surface area contributed by atoms with Crippen LogP contribution >= 0.6 is 0 Å². The minimum Gasteiger partial charge on any atom is -0.374 e. The normalized spacial score (nSPS) is 44.4. The molecular weight excluding hydrogens is 290 g/mol. The van der Waals surface area contributed by atoms with Crippen molar-refractivity contribution in [3.05, 3.63) is 36.0 Å². The summed E-state index contributed by atoms with van der Waals surface area (Å²) in [5.74, 6) is 11.8. The van der Waals surface area contributed by atoms with Crippen LogP contribution in [-0.4, -0.2) is 39.4 Å². The molecule has 0 radical (unpaired) electrons. The zero-order valence-corrected chi connectivity index (χ0v) is 12.3. The van der Waals surface area contributed by atoms with Crippen molar-refractivity contribution in [1.82, 2.24) is 0 Å². The summed E-state index contributed by atoms with van der Waals surface area (Å²) in [7, 11) is 0. The number of aliphatic imine (C=N–C) groups is 1. The molecule has 1 saturated carbocycles. The standard InChI is InChI=1S/C19H13NO3/c21-13-7-8-15-14(12-13)19-17(22)9-4-2-1-3-6-16(20-15)18(19,23-19)11-5-10-17/h1-2,7-8,12,16,22H,5,10-11H2/t16-,17+,18-,19-/m0/s1. The van der Waals surface area contributed by atoms with Gasteiger partial charge in [0, 0.05) is 5.57 Å². The van der Waals surface area contributed by atoms with Gasteiger partial charge in [-0.15, -0.1) is 0 Å². The highest BCUT2D eigenvalue weighted by molar-refractivity contribution is 6.22. The first kappa shape index (κ1) is 13.1. The maximum absolute atomic E-state index is 11.9. The Morgan fingerprint density at radius 3 is 3.04 bits per heavy atom. The second kappa shape index (κ2) is 3.92. The van der Waals surface area contributed by atoms with Crippen LogP contribution < -0.4 is 0 Å². The van der Waals surface area contributed by atoms with E-state index in [1.165, 1.54) is 12.2 Å². The fraction of sp³-hybridized carbons (Fsp3) is 0.368. The van der Waals surface area contributed by atoms with Crippen LogP contribution in [0.4, 0.5) is 0 Å². The second-order valence-electron chi connectivity index (χ2n) is 6.49. The Hall–Kier alpha value is -2.40. The molecule has 4 atom stereocenters. The summed E-state index contributed by atoms with van der Waals surface area (Å²) >= 11 is 0. The maximum Gasteiger partial charge on any atom is 0.179 e. The molecule has 4 nitrogen and oxygen atoms in total. The first-order chi connectivity index (χ1) is 11.1. The van der Waals surface area contributed by atoms with E-state index in [2.05, 4.69) is 23.7 Å². The molecule has 3 aliphatic carbocycles.